The van der Waals surface area contributed by atoms with Gasteiger partial charge in [-0.3, -0.25) is 4.79 Å². The first-order chi connectivity index (χ1) is 10.0. The van der Waals surface area contributed by atoms with Crippen molar-refractivity contribution in [3.63, 3.8) is 0 Å². The van der Waals surface area contributed by atoms with Gasteiger partial charge in [0.1, 0.15) is 0 Å². The Bertz CT molecular complexity index is 547. The molecule has 0 aliphatic carbocycles. The highest BCUT2D eigenvalue weighted by Gasteiger charge is 2.33. The predicted molar refractivity (Wildman–Crippen MR) is 86.3 cm³/mol. The monoisotopic (exact) mass is 352 g/mol. The Labute approximate surface area is 133 Å². The maximum absolute atomic E-state index is 11.5. The van der Waals surface area contributed by atoms with Crippen LogP contribution in [-0.2, 0) is 4.79 Å². The van der Waals surface area contributed by atoms with Gasteiger partial charge in [-0.05, 0) is 43.4 Å². The van der Waals surface area contributed by atoms with E-state index in [9.17, 15) is 9.90 Å². The van der Waals surface area contributed by atoms with Crippen LogP contribution in [0.25, 0.3) is 0 Å². The van der Waals surface area contributed by atoms with Crippen LogP contribution in [0.2, 0.25) is 0 Å². The van der Waals surface area contributed by atoms with E-state index in [1.54, 1.807) is 6.92 Å². The number of aliphatic hydroxyl groups is 1. The third-order valence-corrected chi connectivity index (χ3v) is 5.31. The molecule has 4 nitrogen and oxygen atoms in total. The molecule has 2 fully saturated rings. The Morgan fingerprint density at radius 3 is 2.95 bits per heavy atom. The van der Waals surface area contributed by atoms with E-state index in [2.05, 4.69) is 38.3 Å². The summed E-state index contributed by atoms with van der Waals surface area (Å²) in [5, 5.41) is 12.8. The van der Waals surface area contributed by atoms with Gasteiger partial charge in [-0.1, -0.05) is 22.0 Å². The highest BCUT2D eigenvalue weighted by molar-refractivity contribution is 9.10. The largest absolute Gasteiger partial charge is 0.389 e. The lowest BCUT2D eigenvalue weighted by Gasteiger charge is -2.42. The molecule has 2 heterocycles. The van der Waals surface area contributed by atoms with E-state index < -0.39 is 6.10 Å². The normalized spacial score (nSPS) is 27.0. The highest BCUT2D eigenvalue weighted by Crippen LogP contribution is 2.32. The van der Waals surface area contributed by atoms with Crippen molar-refractivity contribution < 1.29 is 9.90 Å². The summed E-state index contributed by atoms with van der Waals surface area (Å²) in [6.07, 6.45) is 2.18. The summed E-state index contributed by atoms with van der Waals surface area (Å²) in [5.74, 6) is 0.750. The first kappa shape index (κ1) is 14.9. The lowest BCUT2D eigenvalue weighted by atomic mass is 9.85. The molecule has 21 heavy (non-hydrogen) atoms. The maximum atomic E-state index is 11.5. The fourth-order valence-corrected chi connectivity index (χ4v) is 4.09. The van der Waals surface area contributed by atoms with Gasteiger partial charge < -0.3 is 15.3 Å². The van der Waals surface area contributed by atoms with Crippen LogP contribution in [0.5, 0.6) is 0 Å². The maximum Gasteiger partial charge on any atom is 0.220 e. The molecular formula is C16H21BrN2O2. The number of nitrogens with one attached hydrogen (secondary N) is 1. The van der Waals surface area contributed by atoms with Crippen LogP contribution in [0, 0.1) is 5.92 Å². The molecule has 2 N–H and O–H groups in total. The van der Waals surface area contributed by atoms with Gasteiger partial charge in [-0.25, -0.2) is 0 Å². The fraction of sp³-hybridized carbons (Fsp3) is 0.562. The van der Waals surface area contributed by atoms with Crippen molar-refractivity contribution in [2.75, 3.05) is 18.0 Å². The molecular weight excluding hydrogens is 332 g/mol. The first-order valence-electron chi connectivity index (χ1n) is 7.56. The predicted octanol–water partition coefficient (Wildman–Crippen LogP) is 2.61. The zero-order valence-corrected chi connectivity index (χ0v) is 13.8. The minimum atomic E-state index is -0.465. The number of aliphatic hydroxyl groups excluding tert-OH is 1. The molecule has 0 aromatic heterocycles. The molecule has 1 aromatic carbocycles. The number of nitrogens with zero attached hydrogens (tertiary/aromatic N) is 1. The van der Waals surface area contributed by atoms with Gasteiger partial charge >= 0.3 is 0 Å². The van der Waals surface area contributed by atoms with Gasteiger partial charge in [-0.2, -0.15) is 0 Å². The molecule has 0 radical (unpaired) electrons. The molecule has 1 amide bonds. The second kappa shape index (κ2) is 5.97. The number of hydrogen-bond acceptors (Lipinski definition) is 3. The number of anilines is 1. The number of hydrogen-bond donors (Lipinski definition) is 2. The van der Waals surface area contributed by atoms with Gasteiger partial charge in [0.05, 0.1) is 6.10 Å². The molecule has 2 unspecified atom stereocenters. The summed E-state index contributed by atoms with van der Waals surface area (Å²) in [6, 6.07) is 6.50. The van der Waals surface area contributed by atoms with E-state index in [-0.39, 0.29) is 5.91 Å². The van der Waals surface area contributed by atoms with Gasteiger partial charge in [0.15, 0.2) is 0 Å². The lowest BCUT2D eigenvalue weighted by molar-refractivity contribution is -0.124. The van der Waals surface area contributed by atoms with E-state index in [0.717, 1.165) is 36.0 Å². The van der Waals surface area contributed by atoms with Gasteiger partial charge in [0, 0.05) is 35.7 Å². The van der Waals surface area contributed by atoms with Crippen molar-refractivity contribution in [2.24, 2.45) is 5.92 Å². The first-order valence-corrected chi connectivity index (χ1v) is 8.35. The molecule has 3 rings (SSSR count). The van der Waals surface area contributed by atoms with Crippen LogP contribution in [-0.4, -0.2) is 30.1 Å². The number of rotatable bonds is 2. The van der Waals surface area contributed by atoms with E-state index in [1.165, 1.54) is 5.69 Å². The molecule has 0 bridgehead atoms. The molecule has 1 aromatic rings. The molecule has 2 aliphatic heterocycles. The lowest BCUT2D eigenvalue weighted by Crippen LogP contribution is -2.54. The van der Waals surface area contributed by atoms with Crippen LogP contribution >= 0.6 is 15.9 Å². The molecule has 2 saturated heterocycles. The Morgan fingerprint density at radius 1 is 1.43 bits per heavy atom. The molecule has 114 valence electrons. The zero-order chi connectivity index (χ0) is 15.0. The van der Waals surface area contributed by atoms with Gasteiger partial charge in [0.25, 0.3) is 0 Å². The van der Waals surface area contributed by atoms with E-state index >= 15 is 0 Å². The van der Waals surface area contributed by atoms with Crippen LogP contribution in [0.15, 0.2) is 22.7 Å². The summed E-state index contributed by atoms with van der Waals surface area (Å²) in [5.41, 5.74) is 2.10. The van der Waals surface area contributed by atoms with E-state index in [4.69, 9.17) is 0 Å². The summed E-state index contributed by atoms with van der Waals surface area (Å²) in [7, 11) is 0. The number of piperidine rings is 2. The minimum absolute atomic E-state index is 0.203. The smallest absolute Gasteiger partial charge is 0.220 e. The van der Waals surface area contributed by atoms with Gasteiger partial charge in [0.2, 0.25) is 5.91 Å². The number of benzene rings is 1. The number of carbonyl (C=O) groups is 1. The van der Waals surface area contributed by atoms with Gasteiger partial charge in [-0.15, -0.1) is 0 Å². The fourth-order valence-electron chi connectivity index (χ4n) is 3.40. The van der Waals surface area contributed by atoms with Crippen LogP contribution in [0.1, 0.15) is 37.9 Å². The second-order valence-corrected chi connectivity index (χ2v) is 6.94. The number of fused-ring (bicyclic) bond motifs is 1. The Hall–Kier alpha value is -1.07. The number of halogens is 1. The third kappa shape index (κ3) is 3.09. The van der Waals surface area contributed by atoms with Crippen molar-refractivity contribution >= 4 is 27.5 Å². The van der Waals surface area contributed by atoms with Crippen molar-refractivity contribution in [3.8, 4) is 0 Å². The highest BCUT2D eigenvalue weighted by atomic mass is 79.9. The van der Waals surface area contributed by atoms with Crippen LogP contribution in [0.4, 0.5) is 5.69 Å². The molecule has 5 heteroatoms. The quantitative estimate of drug-likeness (QED) is 0.860. The standard InChI is InChI=1S/C16H21BrN2O2/c1-10(20)13-4-3-12(8-14(13)17)19-7-6-15-11(9-19)2-5-16(21)18-15/h3-4,8,10-11,15,20H,2,5-7,9H2,1H3,(H,18,21)/t10-,11?,15?/m0/s1. The number of amides is 1. The van der Waals surface area contributed by atoms with Crippen molar-refractivity contribution in [2.45, 2.75) is 38.3 Å². The Kier molecular flexibility index (Phi) is 4.22. The summed E-state index contributed by atoms with van der Waals surface area (Å²) in [6.45, 7) is 3.73. The van der Waals surface area contributed by atoms with E-state index in [0.29, 0.717) is 18.4 Å². The Morgan fingerprint density at radius 2 is 2.24 bits per heavy atom. The molecule has 0 spiro atoms. The van der Waals surface area contributed by atoms with Crippen molar-refractivity contribution in [3.05, 3.63) is 28.2 Å². The van der Waals surface area contributed by atoms with Crippen LogP contribution in [0.3, 0.4) is 0 Å². The summed E-state index contributed by atoms with van der Waals surface area (Å²) in [4.78, 5) is 13.8. The van der Waals surface area contributed by atoms with Crippen LogP contribution < -0.4 is 10.2 Å². The van der Waals surface area contributed by atoms with Crippen molar-refractivity contribution in [1.82, 2.24) is 5.32 Å². The minimum Gasteiger partial charge on any atom is -0.389 e. The molecule has 2 aliphatic rings. The molecule has 3 atom stereocenters. The van der Waals surface area contributed by atoms with Crippen molar-refractivity contribution in [1.29, 1.82) is 0 Å². The summed E-state index contributed by atoms with van der Waals surface area (Å²) < 4.78 is 0.953. The average Bonchev–Trinajstić information content (AvgIpc) is 2.46. The topological polar surface area (TPSA) is 52.6 Å². The summed E-state index contributed by atoms with van der Waals surface area (Å²) >= 11 is 3.55. The van der Waals surface area contributed by atoms with E-state index in [1.807, 2.05) is 6.07 Å². The third-order valence-electron chi connectivity index (χ3n) is 4.62. The Balaban J connectivity index is 1.73. The zero-order valence-electron chi connectivity index (χ0n) is 12.2. The average molecular weight is 353 g/mol. The molecule has 0 saturated carbocycles. The SMILES string of the molecule is C[C@H](O)c1ccc(N2CCC3NC(=O)CCC3C2)cc1Br. The second-order valence-electron chi connectivity index (χ2n) is 6.09. The number of carbonyl (C=O) groups excluding carboxylic acids is 1.